The summed E-state index contributed by atoms with van der Waals surface area (Å²) in [6.45, 7) is 5.24. The van der Waals surface area contributed by atoms with E-state index in [-0.39, 0.29) is 11.6 Å². The fourth-order valence-corrected chi connectivity index (χ4v) is 3.04. The molecule has 2 aromatic carbocycles. The highest BCUT2D eigenvalue weighted by molar-refractivity contribution is 6.30. The molecule has 0 saturated carbocycles. The van der Waals surface area contributed by atoms with Crippen molar-refractivity contribution in [2.45, 2.75) is 26.9 Å². The molecule has 0 bridgehead atoms. The first-order valence-electron chi connectivity index (χ1n) is 8.33. The molecule has 0 radical (unpaired) electrons. The van der Waals surface area contributed by atoms with E-state index in [1.165, 1.54) is 13.2 Å². The van der Waals surface area contributed by atoms with Crippen molar-refractivity contribution in [3.05, 3.63) is 75.8 Å². The Morgan fingerprint density at radius 1 is 1.12 bits per heavy atom. The number of hydrogen-bond acceptors (Lipinski definition) is 3. The Hall–Kier alpha value is -2.37. The largest absolute Gasteiger partial charge is 0.494 e. The lowest BCUT2D eigenvalue weighted by Crippen LogP contribution is -2.14. The van der Waals surface area contributed by atoms with Crippen LogP contribution in [0.4, 0.5) is 4.39 Å². The predicted octanol–water partition coefficient (Wildman–Crippen LogP) is 4.58. The molecule has 26 heavy (non-hydrogen) atoms. The maximum atomic E-state index is 13.8. The van der Waals surface area contributed by atoms with E-state index in [1.807, 2.05) is 48.9 Å². The third kappa shape index (κ3) is 3.89. The number of ether oxygens (including phenoxy) is 1. The van der Waals surface area contributed by atoms with Crippen molar-refractivity contribution >= 4 is 11.6 Å². The second-order valence-electron chi connectivity index (χ2n) is 6.11. The van der Waals surface area contributed by atoms with Crippen molar-refractivity contribution in [1.29, 1.82) is 0 Å². The molecule has 3 rings (SSSR count). The Morgan fingerprint density at radius 3 is 2.50 bits per heavy atom. The molecule has 0 aliphatic heterocycles. The zero-order valence-electron chi connectivity index (χ0n) is 15.0. The summed E-state index contributed by atoms with van der Waals surface area (Å²) in [5.74, 6) is -0.0978. The molecule has 4 nitrogen and oxygen atoms in total. The number of rotatable bonds is 6. The standard InChI is InChI=1S/C20H21ClFN3O/c1-13-18(12-23-11-15-4-9-20(26-3)19(22)10-15)14(2)25(24-13)17-7-5-16(21)6-8-17/h4-10,23H,11-12H2,1-3H3. The van der Waals surface area contributed by atoms with E-state index < -0.39 is 0 Å². The summed E-state index contributed by atoms with van der Waals surface area (Å²) in [7, 11) is 1.46. The summed E-state index contributed by atoms with van der Waals surface area (Å²) < 4.78 is 20.6. The van der Waals surface area contributed by atoms with Crippen molar-refractivity contribution < 1.29 is 9.13 Å². The quantitative estimate of drug-likeness (QED) is 0.687. The highest BCUT2D eigenvalue weighted by Crippen LogP contribution is 2.20. The van der Waals surface area contributed by atoms with E-state index in [9.17, 15) is 4.39 Å². The van der Waals surface area contributed by atoms with Gasteiger partial charge >= 0.3 is 0 Å². The predicted molar refractivity (Wildman–Crippen MR) is 102 cm³/mol. The van der Waals surface area contributed by atoms with Crippen LogP contribution in [0.25, 0.3) is 5.69 Å². The number of aromatic nitrogens is 2. The number of halogens is 2. The van der Waals surface area contributed by atoms with Crippen molar-refractivity contribution in [1.82, 2.24) is 15.1 Å². The molecule has 136 valence electrons. The zero-order valence-corrected chi connectivity index (χ0v) is 15.8. The number of aryl methyl sites for hydroxylation is 1. The molecule has 0 amide bonds. The van der Waals surface area contributed by atoms with E-state index in [1.54, 1.807) is 6.07 Å². The molecule has 0 aliphatic rings. The van der Waals surface area contributed by atoms with Crippen molar-refractivity contribution in [3.63, 3.8) is 0 Å². The number of hydrogen-bond donors (Lipinski definition) is 1. The Morgan fingerprint density at radius 2 is 1.85 bits per heavy atom. The Balaban J connectivity index is 1.70. The lowest BCUT2D eigenvalue weighted by Gasteiger charge is -2.08. The van der Waals surface area contributed by atoms with Gasteiger partial charge in [0.05, 0.1) is 18.5 Å². The molecule has 3 aromatic rings. The minimum Gasteiger partial charge on any atom is -0.494 e. The van der Waals surface area contributed by atoms with Gasteiger partial charge in [-0.1, -0.05) is 17.7 Å². The van der Waals surface area contributed by atoms with Gasteiger partial charge in [0.15, 0.2) is 11.6 Å². The highest BCUT2D eigenvalue weighted by Gasteiger charge is 2.12. The summed E-state index contributed by atoms with van der Waals surface area (Å²) in [6, 6.07) is 12.6. The minimum absolute atomic E-state index is 0.254. The maximum absolute atomic E-state index is 13.8. The molecule has 0 saturated heterocycles. The first kappa shape index (κ1) is 18.4. The van der Waals surface area contributed by atoms with Crippen molar-refractivity contribution in [2.24, 2.45) is 0 Å². The third-order valence-electron chi connectivity index (χ3n) is 4.36. The zero-order chi connectivity index (χ0) is 18.7. The van der Waals surface area contributed by atoms with Gasteiger partial charge in [0.1, 0.15) is 0 Å². The van der Waals surface area contributed by atoms with Crippen LogP contribution in [0.2, 0.25) is 5.02 Å². The van der Waals surface area contributed by atoms with E-state index in [4.69, 9.17) is 16.3 Å². The highest BCUT2D eigenvalue weighted by atomic mass is 35.5. The van der Waals surface area contributed by atoms with Crippen molar-refractivity contribution in [2.75, 3.05) is 7.11 Å². The fourth-order valence-electron chi connectivity index (χ4n) is 2.92. The average molecular weight is 374 g/mol. The number of nitrogens with zero attached hydrogens (tertiary/aromatic N) is 2. The number of methoxy groups -OCH3 is 1. The van der Waals surface area contributed by atoms with Gasteiger partial charge in [-0.3, -0.25) is 0 Å². The maximum Gasteiger partial charge on any atom is 0.165 e. The number of benzene rings is 2. The van der Waals surface area contributed by atoms with Crippen LogP contribution >= 0.6 is 11.6 Å². The normalized spacial score (nSPS) is 11.0. The van der Waals surface area contributed by atoms with Crippen LogP contribution in [-0.4, -0.2) is 16.9 Å². The van der Waals surface area contributed by atoms with E-state index in [0.29, 0.717) is 18.1 Å². The van der Waals surface area contributed by atoms with Crippen LogP contribution < -0.4 is 10.1 Å². The molecule has 0 atom stereocenters. The molecule has 6 heteroatoms. The minimum atomic E-state index is -0.352. The molecular weight excluding hydrogens is 353 g/mol. The summed E-state index contributed by atoms with van der Waals surface area (Å²) >= 11 is 5.96. The molecule has 0 spiro atoms. The second kappa shape index (κ2) is 7.89. The monoisotopic (exact) mass is 373 g/mol. The van der Waals surface area contributed by atoms with Gasteiger partial charge in [-0.25, -0.2) is 9.07 Å². The molecule has 1 aromatic heterocycles. The smallest absolute Gasteiger partial charge is 0.165 e. The van der Waals surface area contributed by atoms with Crippen LogP contribution in [0.5, 0.6) is 5.75 Å². The SMILES string of the molecule is COc1ccc(CNCc2c(C)nn(-c3ccc(Cl)cc3)c2C)cc1F. The first-order chi connectivity index (χ1) is 12.5. The Labute approximate surface area is 157 Å². The van der Waals surface area contributed by atoms with Gasteiger partial charge < -0.3 is 10.1 Å². The lowest BCUT2D eigenvalue weighted by molar-refractivity contribution is 0.386. The van der Waals surface area contributed by atoms with Crippen molar-refractivity contribution in [3.8, 4) is 11.4 Å². The van der Waals surface area contributed by atoms with Gasteiger partial charge in [0.2, 0.25) is 0 Å². The van der Waals surface area contributed by atoms with Gasteiger partial charge in [0.25, 0.3) is 0 Å². The topological polar surface area (TPSA) is 39.1 Å². The second-order valence-corrected chi connectivity index (χ2v) is 6.55. The summed E-state index contributed by atoms with van der Waals surface area (Å²) in [5.41, 5.74) is 5.00. The van der Waals surface area contributed by atoms with Crippen LogP contribution in [-0.2, 0) is 13.1 Å². The summed E-state index contributed by atoms with van der Waals surface area (Å²) in [6.07, 6.45) is 0. The lowest BCUT2D eigenvalue weighted by atomic mass is 10.1. The van der Waals surface area contributed by atoms with Gasteiger partial charge in [0, 0.05) is 29.4 Å². The third-order valence-corrected chi connectivity index (χ3v) is 4.61. The Bertz CT molecular complexity index is 906. The van der Waals surface area contributed by atoms with Crippen LogP contribution in [0, 0.1) is 19.7 Å². The van der Waals surface area contributed by atoms with Crippen LogP contribution in [0.3, 0.4) is 0 Å². The molecule has 1 heterocycles. The fraction of sp³-hybridized carbons (Fsp3) is 0.250. The van der Waals surface area contributed by atoms with E-state index in [0.717, 1.165) is 28.2 Å². The van der Waals surface area contributed by atoms with Crippen LogP contribution in [0.15, 0.2) is 42.5 Å². The van der Waals surface area contributed by atoms with E-state index >= 15 is 0 Å². The molecule has 1 N–H and O–H groups in total. The summed E-state index contributed by atoms with van der Waals surface area (Å²) in [5, 5.41) is 8.68. The van der Waals surface area contributed by atoms with Gasteiger partial charge in [-0.15, -0.1) is 0 Å². The van der Waals surface area contributed by atoms with Gasteiger partial charge in [-0.05, 0) is 55.8 Å². The molecular formula is C20H21ClFN3O. The Kier molecular flexibility index (Phi) is 5.59. The van der Waals surface area contributed by atoms with E-state index in [2.05, 4.69) is 10.4 Å². The molecule has 0 unspecified atom stereocenters. The van der Waals surface area contributed by atoms with Gasteiger partial charge in [-0.2, -0.15) is 5.10 Å². The molecule has 0 aliphatic carbocycles. The molecule has 0 fully saturated rings. The van der Waals surface area contributed by atoms with Crippen LogP contribution in [0.1, 0.15) is 22.5 Å². The average Bonchev–Trinajstić information content (AvgIpc) is 2.91. The first-order valence-corrected chi connectivity index (χ1v) is 8.71. The number of nitrogens with one attached hydrogen (secondary N) is 1. The summed E-state index contributed by atoms with van der Waals surface area (Å²) in [4.78, 5) is 0.